The molecule has 0 atom stereocenters. The summed E-state index contributed by atoms with van der Waals surface area (Å²) in [6.45, 7) is 0.162. The number of rotatable bonds is 3. The van der Waals surface area contributed by atoms with Crippen molar-refractivity contribution in [2.24, 2.45) is 0 Å². The minimum absolute atomic E-state index is 0.162. The summed E-state index contributed by atoms with van der Waals surface area (Å²) >= 11 is 16.6. The molecule has 0 fully saturated rings. The van der Waals surface area contributed by atoms with Gasteiger partial charge in [-0.25, -0.2) is 0 Å². The topological polar surface area (TPSA) is 57.9 Å². The van der Waals surface area contributed by atoms with Crippen LogP contribution in [0.25, 0.3) is 0 Å². The first-order valence-corrected chi connectivity index (χ1v) is 6.11. The van der Waals surface area contributed by atoms with Crippen LogP contribution in [-0.4, -0.2) is 9.97 Å². The monoisotopic (exact) mass is 302 g/mol. The number of halogens is 2. The van der Waals surface area contributed by atoms with Crippen molar-refractivity contribution in [3.05, 3.63) is 55.1 Å². The van der Waals surface area contributed by atoms with E-state index in [0.29, 0.717) is 21.5 Å². The highest BCUT2D eigenvalue weighted by Gasteiger charge is 2.03. The molecule has 0 radical (unpaired) electrons. The zero-order valence-corrected chi connectivity index (χ0v) is 11.3. The highest BCUT2D eigenvalue weighted by atomic mass is 35.5. The van der Waals surface area contributed by atoms with Gasteiger partial charge in [-0.1, -0.05) is 23.2 Å². The predicted molar refractivity (Wildman–Crippen MR) is 73.0 cm³/mol. The average Bonchev–Trinajstić information content (AvgIpc) is 2.26. The SMILES string of the molecule is O=c1cc(COc2ccc(Cl)cc2Cl)[nH]c(=S)[nH]1. The van der Waals surface area contributed by atoms with Gasteiger partial charge in [-0.05, 0) is 30.4 Å². The van der Waals surface area contributed by atoms with E-state index in [2.05, 4.69) is 9.97 Å². The minimum Gasteiger partial charge on any atom is -0.486 e. The van der Waals surface area contributed by atoms with E-state index in [1.807, 2.05) is 0 Å². The van der Waals surface area contributed by atoms with Crippen LogP contribution in [0, 0.1) is 4.77 Å². The molecule has 4 nitrogen and oxygen atoms in total. The van der Waals surface area contributed by atoms with Crippen molar-refractivity contribution >= 4 is 35.4 Å². The molecule has 0 aliphatic heterocycles. The third-order valence-electron chi connectivity index (χ3n) is 2.09. The number of hydrogen-bond donors (Lipinski definition) is 2. The van der Waals surface area contributed by atoms with Gasteiger partial charge in [0.1, 0.15) is 12.4 Å². The Morgan fingerprint density at radius 3 is 2.67 bits per heavy atom. The van der Waals surface area contributed by atoms with Crippen molar-refractivity contribution in [1.82, 2.24) is 9.97 Å². The molecule has 0 amide bonds. The molecule has 18 heavy (non-hydrogen) atoms. The minimum atomic E-state index is -0.278. The molecule has 2 N–H and O–H groups in total. The zero-order chi connectivity index (χ0) is 13.1. The van der Waals surface area contributed by atoms with E-state index >= 15 is 0 Å². The van der Waals surface area contributed by atoms with E-state index in [-0.39, 0.29) is 16.9 Å². The van der Waals surface area contributed by atoms with Gasteiger partial charge in [0.25, 0.3) is 5.56 Å². The number of hydrogen-bond acceptors (Lipinski definition) is 3. The molecule has 0 aliphatic carbocycles. The Kier molecular flexibility index (Phi) is 4.06. The highest BCUT2D eigenvalue weighted by Crippen LogP contribution is 2.27. The Balaban J connectivity index is 2.16. The molecule has 1 aromatic heterocycles. The standard InChI is InChI=1S/C11H8Cl2N2O2S/c12-6-1-2-9(8(13)3-6)17-5-7-4-10(16)15-11(18)14-7/h1-4H,5H2,(H2,14,15,16,18). The molecule has 1 heterocycles. The first-order chi connectivity index (χ1) is 8.54. The van der Waals surface area contributed by atoms with Gasteiger partial charge in [0.15, 0.2) is 4.77 Å². The highest BCUT2D eigenvalue weighted by molar-refractivity contribution is 7.71. The lowest BCUT2D eigenvalue weighted by Crippen LogP contribution is -2.10. The third kappa shape index (κ3) is 3.35. The number of ether oxygens (including phenoxy) is 1. The number of benzene rings is 1. The van der Waals surface area contributed by atoms with E-state index < -0.39 is 0 Å². The fraction of sp³-hybridized carbons (Fsp3) is 0.0909. The van der Waals surface area contributed by atoms with Gasteiger partial charge in [-0.2, -0.15) is 0 Å². The molecule has 0 spiro atoms. The maximum atomic E-state index is 11.2. The van der Waals surface area contributed by atoms with E-state index in [4.69, 9.17) is 40.2 Å². The van der Waals surface area contributed by atoms with Crippen molar-refractivity contribution < 1.29 is 4.74 Å². The van der Waals surface area contributed by atoms with Gasteiger partial charge >= 0.3 is 0 Å². The maximum absolute atomic E-state index is 11.2. The first-order valence-electron chi connectivity index (χ1n) is 4.95. The normalized spacial score (nSPS) is 10.3. The second kappa shape index (κ2) is 5.56. The summed E-state index contributed by atoms with van der Waals surface area (Å²) < 4.78 is 5.72. The number of nitrogens with one attached hydrogen (secondary N) is 2. The molecule has 0 unspecified atom stereocenters. The molecule has 0 bridgehead atoms. The summed E-state index contributed by atoms with van der Waals surface area (Å²) in [6.07, 6.45) is 0. The number of aromatic amines is 2. The lowest BCUT2D eigenvalue weighted by molar-refractivity contribution is 0.301. The van der Waals surface area contributed by atoms with Crippen LogP contribution in [0.1, 0.15) is 5.69 Å². The summed E-state index contributed by atoms with van der Waals surface area (Å²) in [4.78, 5) is 16.4. The second-order valence-electron chi connectivity index (χ2n) is 3.48. The Bertz CT molecular complexity index is 653. The van der Waals surface area contributed by atoms with Crippen LogP contribution >= 0.6 is 35.4 Å². The van der Waals surface area contributed by atoms with Crippen molar-refractivity contribution in [3.63, 3.8) is 0 Å². The maximum Gasteiger partial charge on any atom is 0.251 e. The van der Waals surface area contributed by atoms with Crippen LogP contribution in [0.2, 0.25) is 10.0 Å². The van der Waals surface area contributed by atoms with Crippen molar-refractivity contribution in [2.45, 2.75) is 6.61 Å². The summed E-state index contributed by atoms with van der Waals surface area (Å²) in [7, 11) is 0. The molecule has 0 saturated heterocycles. The van der Waals surface area contributed by atoms with Crippen LogP contribution in [0.15, 0.2) is 29.1 Å². The van der Waals surface area contributed by atoms with Gasteiger partial charge < -0.3 is 9.72 Å². The summed E-state index contributed by atoms with van der Waals surface area (Å²) in [5, 5.41) is 0.939. The van der Waals surface area contributed by atoms with Crippen LogP contribution in [0.4, 0.5) is 0 Å². The Morgan fingerprint density at radius 1 is 1.22 bits per heavy atom. The lowest BCUT2D eigenvalue weighted by atomic mass is 10.3. The van der Waals surface area contributed by atoms with Gasteiger partial charge in [0.05, 0.1) is 10.7 Å². The summed E-state index contributed by atoms with van der Waals surface area (Å²) in [6, 6.07) is 6.29. The second-order valence-corrected chi connectivity index (χ2v) is 4.73. The summed E-state index contributed by atoms with van der Waals surface area (Å²) in [5.41, 5.74) is 0.286. The molecule has 94 valence electrons. The van der Waals surface area contributed by atoms with Crippen molar-refractivity contribution in [1.29, 1.82) is 0 Å². The largest absolute Gasteiger partial charge is 0.486 e. The van der Waals surface area contributed by atoms with E-state index in [9.17, 15) is 4.79 Å². The average molecular weight is 303 g/mol. The first kappa shape index (κ1) is 13.1. The van der Waals surface area contributed by atoms with E-state index in [1.165, 1.54) is 6.07 Å². The molecule has 2 aromatic rings. The Hall–Kier alpha value is -1.30. The predicted octanol–water partition coefficient (Wildman–Crippen LogP) is 3.32. The Labute approximate surface area is 118 Å². The van der Waals surface area contributed by atoms with Crippen molar-refractivity contribution in [3.8, 4) is 5.75 Å². The number of H-pyrrole nitrogens is 2. The van der Waals surface area contributed by atoms with Crippen molar-refractivity contribution in [2.75, 3.05) is 0 Å². The fourth-order valence-electron chi connectivity index (χ4n) is 1.34. The van der Waals surface area contributed by atoms with Gasteiger partial charge in [0.2, 0.25) is 0 Å². The molecular formula is C11H8Cl2N2O2S. The molecule has 2 rings (SSSR count). The van der Waals surface area contributed by atoms with Gasteiger partial charge in [0, 0.05) is 11.1 Å². The summed E-state index contributed by atoms with van der Waals surface area (Å²) in [5.74, 6) is 0.487. The van der Waals surface area contributed by atoms with Gasteiger partial charge in [-0.15, -0.1) is 0 Å². The quantitative estimate of drug-likeness (QED) is 0.855. The zero-order valence-electron chi connectivity index (χ0n) is 9.00. The van der Waals surface area contributed by atoms with E-state index in [1.54, 1.807) is 18.2 Å². The van der Waals surface area contributed by atoms with Gasteiger partial charge in [-0.3, -0.25) is 9.78 Å². The lowest BCUT2D eigenvalue weighted by Gasteiger charge is -2.07. The van der Waals surface area contributed by atoms with E-state index in [0.717, 1.165) is 0 Å². The molecular weight excluding hydrogens is 295 g/mol. The fourth-order valence-corrected chi connectivity index (χ4v) is 2.04. The smallest absolute Gasteiger partial charge is 0.251 e. The molecule has 7 heteroatoms. The van der Waals surface area contributed by atoms with Crippen LogP contribution in [-0.2, 0) is 6.61 Å². The van der Waals surface area contributed by atoms with Crippen LogP contribution in [0.5, 0.6) is 5.75 Å². The third-order valence-corrected chi connectivity index (χ3v) is 2.83. The molecule has 0 aliphatic rings. The molecule has 0 saturated carbocycles. The number of aromatic nitrogens is 2. The van der Waals surface area contributed by atoms with Crippen LogP contribution < -0.4 is 10.3 Å². The van der Waals surface area contributed by atoms with Crippen LogP contribution in [0.3, 0.4) is 0 Å². The Morgan fingerprint density at radius 2 is 2.00 bits per heavy atom. The molecule has 1 aromatic carbocycles.